The van der Waals surface area contributed by atoms with E-state index in [1.54, 1.807) is 116 Å². The fourth-order valence-electron chi connectivity index (χ4n) is 8.27. The van der Waals surface area contributed by atoms with E-state index in [4.69, 9.17) is 17.2 Å². The van der Waals surface area contributed by atoms with Crippen LogP contribution < -0.4 is 59.7 Å². The summed E-state index contributed by atoms with van der Waals surface area (Å²) in [7, 11) is 0. The maximum atomic E-state index is 14.8. The summed E-state index contributed by atoms with van der Waals surface area (Å²) < 4.78 is 0. The maximum Gasteiger partial charge on any atom is 0.326 e. The van der Waals surface area contributed by atoms with E-state index in [0.29, 0.717) is 36.1 Å². The van der Waals surface area contributed by atoms with Gasteiger partial charge in [0.2, 0.25) is 53.2 Å². The lowest BCUT2D eigenvalue weighted by Crippen LogP contribution is -2.62. The average molecular weight is 1100 g/mol. The summed E-state index contributed by atoms with van der Waals surface area (Å²) >= 11 is 0. The second-order valence-electron chi connectivity index (χ2n) is 20.9. The molecule has 16 N–H and O–H groups in total. The molecule has 3 aromatic rings. The standard InChI is InChI=1S/C55H83N13O11/c1-9-33(8)46(54(77)67-45(32(6)7)55(78)79)68-51(74)41(27-42(57)69)64-47(70)37(22-16-17-23-56)61-48(71)38(24-34-18-12-10-13-19-34)62-49(72)39(25-35-20-14-11-15-21-35)63-50(73)40(26-36-28-59-29-60-36)65-53(76)44(31(4)5)66-52(75)43(58)30(2)3/h10-15,18-21,28-33,37-41,43-46H,9,16-17,22-27,56,58H2,1-8H3,(H2,57,69)(H,59,60)(H,61,71)(H,62,72)(H,63,73)(H,64,70)(H,65,76)(H,66,75)(H,67,77)(H,68,74)(H,78,79)/t33-,37-,38-,39-,40-,41-,43-,44-,45-,46-/m0/s1. The van der Waals surface area contributed by atoms with Gasteiger partial charge >= 0.3 is 5.97 Å². The first kappa shape index (κ1) is 65.6. The molecule has 1 aromatic heterocycles. The van der Waals surface area contributed by atoms with Gasteiger partial charge in [0.15, 0.2) is 0 Å². The first-order valence-electron chi connectivity index (χ1n) is 26.8. The van der Waals surface area contributed by atoms with Crippen molar-refractivity contribution in [2.45, 2.75) is 161 Å². The number of unbranched alkanes of at least 4 members (excludes halogenated alkanes) is 1. The van der Waals surface area contributed by atoms with E-state index in [0.717, 1.165) is 0 Å². The van der Waals surface area contributed by atoms with Crippen LogP contribution in [0.1, 0.15) is 104 Å². The largest absolute Gasteiger partial charge is 0.480 e. The fraction of sp³-hybridized carbons (Fsp3) is 0.545. The van der Waals surface area contributed by atoms with E-state index in [1.807, 2.05) is 0 Å². The number of aliphatic carboxylic acids is 1. The minimum atomic E-state index is -1.67. The van der Waals surface area contributed by atoms with Crippen LogP contribution in [0.3, 0.4) is 0 Å². The van der Waals surface area contributed by atoms with Crippen molar-refractivity contribution in [3.8, 4) is 0 Å². The molecule has 0 bridgehead atoms. The van der Waals surface area contributed by atoms with Gasteiger partial charge in [-0.3, -0.25) is 43.2 Å². The van der Waals surface area contributed by atoms with Crippen LogP contribution in [0, 0.1) is 23.7 Å². The molecular formula is C55H83N13O11. The smallest absolute Gasteiger partial charge is 0.326 e. The Hall–Kier alpha value is -7.73. The molecule has 0 saturated heterocycles. The molecule has 0 aliphatic carbocycles. The van der Waals surface area contributed by atoms with Gasteiger partial charge in [-0.25, -0.2) is 9.78 Å². The molecule has 0 fully saturated rings. The minimum absolute atomic E-state index is 0.0304. The number of nitrogens with two attached hydrogens (primary N) is 3. The van der Waals surface area contributed by atoms with E-state index >= 15 is 0 Å². The molecule has 9 amide bonds. The highest BCUT2D eigenvalue weighted by atomic mass is 16.4. The zero-order chi connectivity index (χ0) is 58.9. The highest BCUT2D eigenvalue weighted by Gasteiger charge is 2.37. The van der Waals surface area contributed by atoms with Crippen LogP contribution in [-0.4, -0.2) is 135 Å². The SMILES string of the molecule is CC[C@H](C)[C@H](NC(=O)[C@H](CC(N)=O)NC(=O)[C@H](CCCCN)NC(=O)[C@H](Cc1ccccc1)NC(=O)[C@H](Cc1ccccc1)NC(=O)[C@H](Cc1cnc[nH]1)NC(=O)[C@@H](NC(=O)[C@@H](N)C(C)C)C(C)C)C(=O)N[C@H](C(=O)O)C(C)C. The van der Waals surface area contributed by atoms with E-state index in [2.05, 4.69) is 52.5 Å². The van der Waals surface area contributed by atoms with Crippen LogP contribution in [0.5, 0.6) is 0 Å². The van der Waals surface area contributed by atoms with Crippen molar-refractivity contribution in [1.82, 2.24) is 52.5 Å². The molecule has 2 aromatic carbocycles. The molecule has 0 unspecified atom stereocenters. The summed E-state index contributed by atoms with van der Waals surface area (Å²) in [5.41, 5.74) is 19.1. The Morgan fingerprint density at radius 1 is 0.532 bits per heavy atom. The number of aromatic amines is 1. The Morgan fingerprint density at radius 2 is 0.962 bits per heavy atom. The molecule has 0 aliphatic rings. The lowest BCUT2D eigenvalue weighted by Gasteiger charge is -2.29. The second-order valence-corrected chi connectivity index (χ2v) is 20.9. The van der Waals surface area contributed by atoms with Gasteiger partial charge in [0.25, 0.3) is 0 Å². The monoisotopic (exact) mass is 1100 g/mol. The average Bonchev–Trinajstić information content (AvgIpc) is 3.92. The maximum absolute atomic E-state index is 14.8. The number of carbonyl (C=O) groups is 10. The van der Waals surface area contributed by atoms with Crippen molar-refractivity contribution >= 4 is 59.1 Å². The molecule has 0 radical (unpaired) electrons. The molecule has 0 aliphatic heterocycles. The molecule has 3 rings (SSSR count). The Labute approximate surface area is 461 Å². The van der Waals surface area contributed by atoms with Gasteiger partial charge < -0.3 is 69.8 Å². The molecular weight excluding hydrogens is 1020 g/mol. The number of primary amides is 1. The van der Waals surface area contributed by atoms with Crippen LogP contribution >= 0.6 is 0 Å². The molecule has 10 atom stereocenters. The summed E-state index contributed by atoms with van der Waals surface area (Å²) in [5.74, 6) is -10.4. The molecule has 434 valence electrons. The first-order chi connectivity index (χ1) is 37.4. The summed E-state index contributed by atoms with van der Waals surface area (Å²) in [4.78, 5) is 144. The highest BCUT2D eigenvalue weighted by Crippen LogP contribution is 2.14. The van der Waals surface area contributed by atoms with E-state index in [9.17, 15) is 53.1 Å². The summed E-state index contributed by atoms with van der Waals surface area (Å²) in [6.07, 6.45) is 2.85. The van der Waals surface area contributed by atoms with Gasteiger partial charge in [-0.15, -0.1) is 0 Å². The number of hydrogen-bond acceptors (Lipinski definition) is 13. The van der Waals surface area contributed by atoms with Crippen LogP contribution in [-0.2, 0) is 67.2 Å². The highest BCUT2D eigenvalue weighted by molar-refractivity contribution is 5.99. The Balaban J connectivity index is 2.01. The number of amides is 9. The normalized spacial score (nSPS) is 15.1. The number of benzene rings is 2. The van der Waals surface area contributed by atoms with Crippen molar-refractivity contribution in [3.05, 3.63) is 90.0 Å². The third-order valence-electron chi connectivity index (χ3n) is 13.4. The molecule has 24 heteroatoms. The summed E-state index contributed by atoms with van der Waals surface area (Å²) in [6.45, 7) is 13.8. The number of carboxylic acid groups (broad SMARTS) is 1. The molecule has 0 saturated carbocycles. The van der Waals surface area contributed by atoms with E-state index < -0.39 is 138 Å². The number of hydrogen-bond donors (Lipinski definition) is 13. The minimum Gasteiger partial charge on any atom is -0.480 e. The zero-order valence-corrected chi connectivity index (χ0v) is 46.5. The van der Waals surface area contributed by atoms with Crippen LogP contribution in [0.25, 0.3) is 0 Å². The van der Waals surface area contributed by atoms with Crippen molar-refractivity contribution in [2.75, 3.05) is 6.54 Å². The lowest BCUT2D eigenvalue weighted by molar-refractivity contribution is -0.144. The number of imidazole rings is 1. The Kier molecular flexibility index (Phi) is 27.3. The van der Waals surface area contributed by atoms with Crippen molar-refractivity contribution in [3.63, 3.8) is 0 Å². The van der Waals surface area contributed by atoms with E-state index in [1.165, 1.54) is 12.5 Å². The van der Waals surface area contributed by atoms with Gasteiger partial charge in [-0.05, 0) is 60.6 Å². The topological polar surface area (TPSA) is 394 Å². The number of nitrogens with zero attached hydrogens (tertiary/aromatic N) is 1. The Bertz CT molecular complexity index is 2480. The van der Waals surface area contributed by atoms with Gasteiger partial charge in [0.1, 0.15) is 48.3 Å². The first-order valence-corrected chi connectivity index (χ1v) is 26.8. The zero-order valence-electron chi connectivity index (χ0n) is 46.5. The van der Waals surface area contributed by atoms with Gasteiger partial charge in [-0.1, -0.05) is 122 Å². The molecule has 24 nitrogen and oxygen atoms in total. The quantitative estimate of drug-likeness (QED) is 0.0343. The third kappa shape index (κ3) is 21.9. The van der Waals surface area contributed by atoms with Crippen LogP contribution in [0.2, 0.25) is 0 Å². The molecule has 0 spiro atoms. The molecule has 1 heterocycles. The van der Waals surface area contributed by atoms with Crippen molar-refractivity contribution in [1.29, 1.82) is 0 Å². The second kappa shape index (κ2) is 32.9. The van der Waals surface area contributed by atoms with Gasteiger partial charge in [0.05, 0.1) is 18.8 Å². The predicted octanol–water partition coefficient (Wildman–Crippen LogP) is -0.254. The summed E-state index contributed by atoms with van der Waals surface area (Å²) in [5, 5.41) is 31.0. The fourth-order valence-corrected chi connectivity index (χ4v) is 8.27. The third-order valence-corrected chi connectivity index (χ3v) is 13.4. The predicted molar refractivity (Wildman–Crippen MR) is 294 cm³/mol. The Morgan fingerprint density at radius 3 is 1.41 bits per heavy atom. The van der Waals surface area contributed by atoms with Gasteiger partial charge in [-0.2, -0.15) is 0 Å². The molecule has 79 heavy (non-hydrogen) atoms. The van der Waals surface area contributed by atoms with E-state index in [-0.39, 0.29) is 38.1 Å². The number of H-pyrrole nitrogens is 1. The van der Waals surface area contributed by atoms with Crippen LogP contribution in [0.15, 0.2) is 73.2 Å². The lowest BCUT2D eigenvalue weighted by atomic mass is 9.96. The van der Waals surface area contributed by atoms with Crippen LogP contribution in [0.4, 0.5) is 0 Å². The van der Waals surface area contributed by atoms with Crippen molar-refractivity contribution in [2.24, 2.45) is 40.9 Å². The number of carbonyl (C=O) groups excluding carboxylic acids is 9. The summed E-state index contributed by atoms with van der Waals surface area (Å²) in [6, 6.07) is 5.56. The number of carboxylic acids is 1. The number of aromatic nitrogens is 2. The van der Waals surface area contributed by atoms with Crippen molar-refractivity contribution < 1.29 is 53.1 Å². The number of rotatable bonds is 34. The van der Waals surface area contributed by atoms with Gasteiger partial charge in [0, 0.05) is 31.2 Å². The number of nitrogens with one attached hydrogen (secondary N) is 9.